The lowest BCUT2D eigenvalue weighted by Crippen LogP contribution is -2.20. The van der Waals surface area contributed by atoms with Crippen LogP contribution in [0.3, 0.4) is 0 Å². The summed E-state index contributed by atoms with van der Waals surface area (Å²) in [5, 5.41) is 0. The van der Waals surface area contributed by atoms with Crippen LogP contribution in [0.5, 0.6) is 5.75 Å². The molecule has 5 nitrogen and oxygen atoms in total. The van der Waals surface area contributed by atoms with Crippen LogP contribution in [-0.2, 0) is 14.3 Å². The number of carbonyl (C=O) groups is 2. The Kier molecular flexibility index (Phi) is 7.43. The summed E-state index contributed by atoms with van der Waals surface area (Å²) in [6.45, 7) is 8.05. The summed E-state index contributed by atoms with van der Waals surface area (Å²) in [5.41, 5.74) is 0.500. The van der Waals surface area contributed by atoms with Crippen molar-refractivity contribution in [1.82, 2.24) is 0 Å². The predicted octanol–water partition coefficient (Wildman–Crippen LogP) is 3.22. The maximum Gasteiger partial charge on any atom is 0.338 e. The Balaban J connectivity index is 2.39. The fourth-order valence-corrected chi connectivity index (χ4v) is 1.53. The third kappa shape index (κ3) is 6.61. The molecule has 1 unspecified atom stereocenters. The Morgan fingerprint density at radius 3 is 2.23 bits per heavy atom. The lowest BCUT2D eigenvalue weighted by Gasteiger charge is -2.16. The first-order valence-corrected chi connectivity index (χ1v) is 7.47. The average molecular weight is 308 g/mol. The average Bonchev–Trinajstić information content (AvgIpc) is 2.47. The van der Waals surface area contributed by atoms with Gasteiger partial charge in [0, 0.05) is 13.3 Å². The normalized spacial score (nSPS) is 11.9. The van der Waals surface area contributed by atoms with Crippen LogP contribution < -0.4 is 4.74 Å². The number of hydrogen-bond acceptors (Lipinski definition) is 5. The fraction of sp³-hybridized carbons (Fsp3) is 0.529. The molecule has 0 heterocycles. The molecule has 22 heavy (non-hydrogen) atoms. The van der Waals surface area contributed by atoms with Gasteiger partial charge in [0.2, 0.25) is 0 Å². The summed E-state index contributed by atoms with van der Waals surface area (Å²) in [7, 11) is 0. The second-order valence-electron chi connectivity index (χ2n) is 5.42. The van der Waals surface area contributed by atoms with Crippen molar-refractivity contribution in [2.75, 3.05) is 13.2 Å². The van der Waals surface area contributed by atoms with Crippen molar-refractivity contribution in [3.8, 4) is 5.75 Å². The Labute approximate surface area is 131 Å². The first-order chi connectivity index (χ1) is 10.4. The first-order valence-electron chi connectivity index (χ1n) is 7.47. The third-order valence-electron chi connectivity index (χ3n) is 3.18. The van der Waals surface area contributed by atoms with E-state index in [9.17, 15) is 9.59 Å². The molecule has 0 aliphatic heterocycles. The second kappa shape index (κ2) is 9.07. The van der Waals surface area contributed by atoms with Gasteiger partial charge in [-0.05, 0) is 37.1 Å². The van der Waals surface area contributed by atoms with Crippen molar-refractivity contribution in [2.45, 2.75) is 40.2 Å². The van der Waals surface area contributed by atoms with Crippen molar-refractivity contribution in [2.24, 2.45) is 5.92 Å². The minimum absolute atomic E-state index is 0.121. The molecule has 0 amide bonds. The van der Waals surface area contributed by atoms with Crippen LogP contribution in [-0.4, -0.2) is 31.3 Å². The number of rotatable bonds is 8. The minimum atomic E-state index is -0.331. The molecule has 0 aliphatic carbocycles. The number of carbonyl (C=O) groups excluding carboxylic acids is 2. The van der Waals surface area contributed by atoms with Gasteiger partial charge in [0.1, 0.15) is 11.9 Å². The Morgan fingerprint density at radius 2 is 1.68 bits per heavy atom. The van der Waals surface area contributed by atoms with Crippen molar-refractivity contribution >= 4 is 11.9 Å². The summed E-state index contributed by atoms with van der Waals surface area (Å²) in [6, 6.07) is 6.80. The summed E-state index contributed by atoms with van der Waals surface area (Å²) in [6.07, 6.45) is 0.500. The third-order valence-corrected chi connectivity index (χ3v) is 3.18. The number of esters is 2. The van der Waals surface area contributed by atoms with E-state index < -0.39 is 0 Å². The summed E-state index contributed by atoms with van der Waals surface area (Å²) in [5.74, 6) is 0.321. The predicted molar refractivity (Wildman–Crippen MR) is 82.9 cm³/mol. The van der Waals surface area contributed by atoms with E-state index in [1.807, 2.05) is 20.8 Å². The van der Waals surface area contributed by atoms with Gasteiger partial charge in [0.25, 0.3) is 0 Å². The molecule has 122 valence electrons. The Bertz CT molecular complexity index is 478. The van der Waals surface area contributed by atoms with E-state index in [0.717, 1.165) is 0 Å². The van der Waals surface area contributed by atoms with Gasteiger partial charge in [0.05, 0.1) is 18.8 Å². The van der Waals surface area contributed by atoms with E-state index in [1.54, 1.807) is 24.3 Å². The van der Waals surface area contributed by atoms with E-state index in [0.29, 0.717) is 30.9 Å². The smallest absolute Gasteiger partial charge is 0.338 e. The topological polar surface area (TPSA) is 61.8 Å². The van der Waals surface area contributed by atoms with E-state index in [1.165, 1.54) is 6.92 Å². The Morgan fingerprint density at radius 1 is 1.05 bits per heavy atom. The van der Waals surface area contributed by atoms with Crippen molar-refractivity contribution < 1.29 is 23.8 Å². The highest BCUT2D eigenvalue weighted by atomic mass is 16.5. The quantitative estimate of drug-likeness (QED) is 0.545. The minimum Gasteiger partial charge on any atom is -0.493 e. The molecular formula is C17H24O5. The van der Waals surface area contributed by atoms with Gasteiger partial charge in [-0.3, -0.25) is 4.79 Å². The number of benzene rings is 1. The first kappa shape index (κ1) is 18.0. The van der Waals surface area contributed by atoms with E-state index >= 15 is 0 Å². The zero-order valence-corrected chi connectivity index (χ0v) is 13.6. The van der Waals surface area contributed by atoms with Gasteiger partial charge >= 0.3 is 11.9 Å². The zero-order valence-electron chi connectivity index (χ0n) is 13.6. The zero-order chi connectivity index (χ0) is 16.5. The molecule has 0 N–H and O–H groups in total. The Hall–Kier alpha value is -2.04. The number of hydrogen-bond donors (Lipinski definition) is 0. The summed E-state index contributed by atoms with van der Waals surface area (Å²) in [4.78, 5) is 22.5. The molecule has 0 saturated carbocycles. The molecule has 1 atom stereocenters. The van der Waals surface area contributed by atoms with E-state index in [-0.39, 0.29) is 24.0 Å². The highest BCUT2D eigenvalue weighted by Gasteiger charge is 2.14. The van der Waals surface area contributed by atoms with Gasteiger partial charge in [0.15, 0.2) is 0 Å². The fourth-order valence-electron chi connectivity index (χ4n) is 1.53. The molecule has 0 radical (unpaired) electrons. The molecule has 0 fully saturated rings. The van der Waals surface area contributed by atoms with Crippen molar-refractivity contribution in [3.63, 3.8) is 0 Å². The lowest BCUT2D eigenvalue weighted by atomic mass is 10.1. The number of ether oxygens (including phenoxy) is 3. The van der Waals surface area contributed by atoms with Crippen LogP contribution in [0.25, 0.3) is 0 Å². The van der Waals surface area contributed by atoms with Crippen LogP contribution in [0.4, 0.5) is 0 Å². The van der Waals surface area contributed by atoms with Gasteiger partial charge in [-0.2, -0.15) is 0 Å². The molecule has 0 aliphatic rings. The van der Waals surface area contributed by atoms with Crippen molar-refractivity contribution in [1.29, 1.82) is 0 Å². The largest absolute Gasteiger partial charge is 0.493 e. The van der Waals surface area contributed by atoms with E-state index in [2.05, 4.69) is 0 Å². The van der Waals surface area contributed by atoms with Gasteiger partial charge in [-0.15, -0.1) is 0 Å². The molecule has 0 saturated heterocycles. The van der Waals surface area contributed by atoms with Gasteiger partial charge in [-0.1, -0.05) is 13.8 Å². The molecule has 0 aromatic heterocycles. The van der Waals surface area contributed by atoms with Crippen LogP contribution in [0.2, 0.25) is 0 Å². The molecular weight excluding hydrogens is 284 g/mol. The maximum absolute atomic E-state index is 11.9. The van der Waals surface area contributed by atoms with Gasteiger partial charge in [-0.25, -0.2) is 4.79 Å². The van der Waals surface area contributed by atoms with E-state index in [4.69, 9.17) is 14.2 Å². The van der Waals surface area contributed by atoms with Gasteiger partial charge < -0.3 is 14.2 Å². The van der Waals surface area contributed by atoms with Crippen molar-refractivity contribution in [3.05, 3.63) is 29.8 Å². The monoisotopic (exact) mass is 308 g/mol. The van der Waals surface area contributed by atoms with Crippen LogP contribution in [0, 0.1) is 5.92 Å². The van der Waals surface area contributed by atoms with Crippen LogP contribution in [0.1, 0.15) is 44.5 Å². The summed E-state index contributed by atoms with van der Waals surface area (Å²) < 4.78 is 15.6. The summed E-state index contributed by atoms with van der Waals surface area (Å²) >= 11 is 0. The standard InChI is InChI=1S/C17H24O5/c1-12(2)13(3)22-17(19)15-6-8-16(9-7-15)21-11-5-10-20-14(4)18/h6-9,12-13H,5,10-11H2,1-4H3. The highest BCUT2D eigenvalue weighted by Crippen LogP contribution is 2.15. The molecule has 1 aromatic carbocycles. The molecule has 5 heteroatoms. The lowest BCUT2D eigenvalue weighted by molar-refractivity contribution is -0.141. The molecule has 0 bridgehead atoms. The molecule has 0 spiro atoms. The SMILES string of the molecule is CC(=O)OCCCOc1ccc(C(=O)OC(C)C(C)C)cc1. The highest BCUT2D eigenvalue weighted by molar-refractivity contribution is 5.89. The van der Waals surface area contributed by atoms with Crippen LogP contribution in [0.15, 0.2) is 24.3 Å². The molecule has 1 aromatic rings. The second-order valence-corrected chi connectivity index (χ2v) is 5.42. The molecule has 1 rings (SSSR count). The maximum atomic E-state index is 11.9. The van der Waals surface area contributed by atoms with Crippen LogP contribution >= 0.6 is 0 Å².